The average molecular weight is 395 g/mol. The summed E-state index contributed by atoms with van der Waals surface area (Å²) in [4.78, 5) is 14.7. The number of ether oxygens (including phenoxy) is 1. The van der Waals surface area contributed by atoms with E-state index in [4.69, 9.17) is 4.74 Å². The molecule has 1 aromatic rings. The highest BCUT2D eigenvalue weighted by Crippen LogP contribution is 2.28. The third-order valence-corrected chi connectivity index (χ3v) is 7.24. The van der Waals surface area contributed by atoms with Crippen molar-refractivity contribution in [2.75, 3.05) is 20.2 Å². The van der Waals surface area contributed by atoms with E-state index in [0.717, 1.165) is 44.9 Å². The van der Waals surface area contributed by atoms with Gasteiger partial charge in [0, 0.05) is 24.7 Å². The van der Waals surface area contributed by atoms with Gasteiger partial charge in [0.15, 0.2) is 0 Å². The normalized spacial score (nSPS) is 19.9. The number of benzene rings is 1. The smallest absolute Gasteiger partial charge is 0.253 e. The Hall–Kier alpha value is -1.60. The van der Waals surface area contributed by atoms with Gasteiger partial charge in [0.05, 0.1) is 7.11 Å². The Labute approximate surface area is 162 Å². The number of methoxy groups -OCH3 is 1. The average Bonchev–Trinajstić information content (AvgIpc) is 2.68. The van der Waals surface area contributed by atoms with E-state index in [1.54, 1.807) is 12.1 Å². The minimum Gasteiger partial charge on any atom is -0.495 e. The van der Waals surface area contributed by atoms with Crippen LogP contribution >= 0.6 is 0 Å². The summed E-state index contributed by atoms with van der Waals surface area (Å²) >= 11 is 0. The van der Waals surface area contributed by atoms with Crippen LogP contribution in [0.5, 0.6) is 5.75 Å². The second-order valence-corrected chi connectivity index (χ2v) is 9.48. The molecule has 1 amide bonds. The van der Waals surface area contributed by atoms with Crippen LogP contribution in [0.1, 0.15) is 62.2 Å². The highest BCUT2D eigenvalue weighted by molar-refractivity contribution is 7.89. The molecule has 0 aromatic heterocycles. The third-order valence-electron chi connectivity index (χ3n) is 5.70. The van der Waals surface area contributed by atoms with Crippen LogP contribution in [0.25, 0.3) is 0 Å². The molecule has 1 N–H and O–H groups in total. The van der Waals surface area contributed by atoms with Crippen molar-refractivity contribution >= 4 is 15.9 Å². The van der Waals surface area contributed by atoms with E-state index in [9.17, 15) is 13.2 Å². The van der Waals surface area contributed by atoms with Gasteiger partial charge in [-0.25, -0.2) is 13.1 Å². The third kappa shape index (κ3) is 4.82. The molecular weight excluding hydrogens is 364 g/mol. The quantitative estimate of drug-likeness (QED) is 0.832. The zero-order valence-electron chi connectivity index (χ0n) is 16.2. The summed E-state index contributed by atoms with van der Waals surface area (Å²) in [5.41, 5.74) is 0.398. The van der Waals surface area contributed by atoms with Crippen molar-refractivity contribution in [1.82, 2.24) is 9.62 Å². The summed E-state index contributed by atoms with van der Waals surface area (Å²) in [6.07, 6.45) is 6.90. The molecule has 0 radical (unpaired) electrons. The lowest BCUT2D eigenvalue weighted by Crippen LogP contribution is -2.38. The maximum atomic E-state index is 13.0. The largest absolute Gasteiger partial charge is 0.495 e. The first kappa shape index (κ1) is 20.1. The first-order valence-corrected chi connectivity index (χ1v) is 11.4. The summed E-state index contributed by atoms with van der Waals surface area (Å²) in [6.45, 7) is 3.62. The van der Waals surface area contributed by atoms with Crippen molar-refractivity contribution in [3.63, 3.8) is 0 Å². The number of nitrogens with zero attached hydrogens (tertiary/aromatic N) is 1. The van der Waals surface area contributed by atoms with Crippen LogP contribution in [0.15, 0.2) is 23.1 Å². The van der Waals surface area contributed by atoms with Crippen LogP contribution in [0.2, 0.25) is 0 Å². The second kappa shape index (κ2) is 8.61. The van der Waals surface area contributed by atoms with Crippen molar-refractivity contribution in [3.8, 4) is 5.75 Å². The zero-order chi connectivity index (χ0) is 19.4. The van der Waals surface area contributed by atoms with E-state index in [1.165, 1.54) is 13.2 Å². The number of carbonyl (C=O) groups excluding carboxylic acids is 1. The van der Waals surface area contributed by atoms with E-state index in [2.05, 4.69) is 11.6 Å². The molecule has 7 heteroatoms. The molecule has 150 valence electrons. The van der Waals surface area contributed by atoms with E-state index >= 15 is 0 Å². The monoisotopic (exact) mass is 394 g/mol. The maximum absolute atomic E-state index is 13.0. The van der Waals surface area contributed by atoms with Gasteiger partial charge in [0.2, 0.25) is 10.0 Å². The Morgan fingerprint density at radius 2 is 1.78 bits per heavy atom. The van der Waals surface area contributed by atoms with Crippen LogP contribution in [-0.4, -0.2) is 45.5 Å². The van der Waals surface area contributed by atoms with E-state index in [0.29, 0.717) is 24.6 Å². The molecule has 0 atom stereocenters. The summed E-state index contributed by atoms with van der Waals surface area (Å²) in [5.74, 6) is 0.779. The molecule has 1 saturated heterocycles. The first-order valence-electron chi connectivity index (χ1n) is 9.90. The van der Waals surface area contributed by atoms with Crippen LogP contribution in [0.4, 0.5) is 0 Å². The molecule has 1 aliphatic carbocycles. The highest BCUT2D eigenvalue weighted by Gasteiger charge is 2.27. The predicted octanol–water partition coefficient (Wildman–Crippen LogP) is 3.18. The lowest BCUT2D eigenvalue weighted by molar-refractivity contribution is 0.0697. The van der Waals surface area contributed by atoms with Gasteiger partial charge in [-0.2, -0.15) is 0 Å². The van der Waals surface area contributed by atoms with E-state index < -0.39 is 10.0 Å². The van der Waals surface area contributed by atoms with Crippen molar-refractivity contribution in [2.24, 2.45) is 5.92 Å². The minimum atomic E-state index is -3.74. The molecular formula is C20H30N2O4S. The summed E-state index contributed by atoms with van der Waals surface area (Å²) in [7, 11) is -2.30. The Balaban J connectivity index is 1.83. The molecule has 0 unspecified atom stereocenters. The van der Waals surface area contributed by atoms with Crippen molar-refractivity contribution in [2.45, 2.75) is 62.8 Å². The minimum absolute atomic E-state index is 0.0450. The summed E-state index contributed by atoms with van der Waals surface area (Å²) in [5, 5.41) is 0. The number of hydrogen-bond donors (Lipinski definition) is 1. The number of sulfonamides is 1. The Bertz CT molecular complexity index is 764. The standard InChI is InChI=1S/C20H30N2O4S/c1-15-10-12-22(13-11-15)20(23)16-8-9-18(26-2)19(14-16)27(24,25)21-17-6-4-3-5-7-17/h8-9,14-15,17,21H,3-7,10-13H2,1-2H3. The number of amides is 1. The number of piperidine rings is 1. The van der Waals surface area contributed by atoms with E-state index in [-0.39, 0.29) is 22.6 Å². The van der Waals surface area contributed by atoms with Gasteiger partial charge in [-0.05, 0) is 49.8 Å². The molecule has 1 aromatic carbocycles. The van der Waals surface area contributed by atoms with Gasteiger partial charge in [0.1, 0.15) is 10.6 Å². The van der Waals surface area contributed by atoms with Gasteiger partial charge in [0.25, 0.3) is 5.91 Å². The Morgan fingerprint density at radius 3 is 2.41 bits per heavy atom. The van der Waals surface area contributed by atoms with Crippen molar-refractivity contribution < 1.29 is 17.9 Å². The molecule has 0 bridgehead atoms. The fraction of sp³-hybridized carbons (Fsp3) is 0.650. The topological polar surface area (TPSA) is 75.7 Å². The number of hydrogen-bond acceptors (Lipinski definition) is 4. The molecule has 1 aliphatic heterocycles. The zero-order valence-corrected chi connectivity index (χ0v) is 17.1. The Morgan fingerprint density at radius 1 is 1.11 bits per heavy atom. The van der Waals surface area contributed by atoms with E-state index in [1.807, 2.05) is 4.90 Å². The number of carbonyl (C=O) groups is 1. The molecule has 27 heavy (non-hydrogen) atoms. The fourth-order valence-electron chi connectivity index (χ4n) is 3.92. The van der Waals surface area contributed by atoms with Crippen molar-refractivity contribution in [3.05, 3.63) is 23.8 Å². The number of likely N-dealkylation sites (tertiary alicyclic amines) is 1. The molecule has 6 nitrogen and oxygen atoms in total. The van der Waals surface area contributed by atoms with Crippen LogP contribution in [0.3, 0.4) is 0 Å². The molecule has 1 saturated carbocycles. The molecule has 0 spiro atoms. The molecule has 2 aliphatic rings. The van der Waals surface area contributed by atoms with Gasteiger partial charge in [-0.1, -0.05) is 26.2 Å². The summed E-state index contributed by atoms with van der Waals surface area (Å²) < 4.78 is 34.0. The first-order chi connectivity index (χ1) is 12.9. The Kier molecular flexibility index (Phi) is 6.42. The maximum Gasteiger partial charge on any atom is 0.253 e. The summed E-state index contributed by atoms with van der Waals surface area (Å²) in [6, 6.07) is 4.65. The van der Waals surface area contributed by atoms with Crippen molar-refractivity contribution in [1.29, 1.82) is 0 Å². The van der Waals surface area contributed by atoms with Gasteiger partial charge >= 0.3 is 0 Å². The van der Waals surface area contributed by atoms with Crippen LogP contribution in [-0.2, 0) is 10.0 Å². The lowest BCUT2D eigenvalue weighted by Gasteiger charge is -2.30. The van der Waals surface area contributed by atoms with Gasteiger partial charge in [-0.15, -0.1) is 0 Å². The van der Waals surface area contributed by atoms with Crippen LogP contribution in [0, 0.1) is 5.92 Å². The molecule has 1 heterocycles. The SMILES string of the molecule is COc1ccc(C(=O)N2CCC(C)CC2)cc1S(=O)(=O)NC1CCCCC1. The molecule has 3 rings (SSSR count). The van der Waals surface area contributed by atoms with Gasteiger partial charge < -0.3 is 9.64 Å². The number of nitrogens with one attached hydrogen (secondary N) is 1. The lowest BCUT2D eigenvalue weighted by atomic mass is 9.96. The second-order valence-electron chi connectivity index (χ2n) is 7.80. The highest BCUT2D eigenvalue weighted by atomic mass is 32.2. The predicted molar refractivity (Wildman–Crippen MR) is 104 cm³/mol. The fourth-order valence-corrected chi connectivity index (χ4v) is 5.42. The van der Waals surface area contributed by atoms with Gasteiger partial charge in [-0.3, -0.25) is 4.79 Å². The molecule has 2 fully saturated rings. The van der Waals surface area contributed by atoms with Crippen LogP contribution < -0.4 is 9.46 Å². The number of rotatable bonds is 5.